The molecular weight excluding hydrogens is 362 g/mol. The van der Waals surface area contributed by atoms with Crippen molar-refractivity contribution in [3.8, 4) is 0 Å². The number of carbonyl (C=O) groups is 2. The molecule has 1 fully saturated rings. The number of furan rings is 1. The van der Waals surface area contributed by atoms with Crippen LogP contribution in [0.1, 0.15) is 27.8 Å². The Balaban J connectivity index is 1.83. The lowest BCUT2D eigenvalue weighted by Gasteiger charge is -2.23. The third kappa shape index (κ3) is 3.08. The zero-order valence-corrected chi connectivity index (χ0v) is 15.4. The zero-order chi connectivity index (χ0) is 19.0. The molecule has 5 nitrogen and oxygen atoms in total. The van der Waals surface area contributed by atoms with Gasteiger partial charge in [0.2, 0.25) is 0 Å². The Hall–Kier alpha value is -3.12. The van der Waals surface area contributed by atoms with Crippen LogP contribution < -0.4 is 0 Å². The van der Waals surface area contributed by atoms with Crippen LogP contribution in [0.2, 0.25) is 0 Å². The van der Waals surface area contributed by atoms with Crippen molar-refractivity contribution in [2.24, 2.45) is 0 Å². The number of Topliss-reactive ketones (excluding diaryl/α,β-unsaturated/α-hetero) is 1. The van der Waals surface area contributed by atoms with E-state index in [0.717, 1.165) is 10.4 Å². The maximum atomic E-state index is 12.8. The second kappa shape index (κ2) is 6.89. The van der Waals surface area contributed by atoms with Gasteiger partial charge in [0.1, 0.15) is 17.6 Å². The van der Waals surface area contributed by atoms with E-state index in [1.807, 2.05) is 36.6 Å². The Bertz CT molecular complexity index is 1000. The van der Waals surface area contributed by atoms with Gasteiger partial charge in [0.05, 0.1) is 18.4 Å². The molecule has 1 aromatic carbocycles. The number of hydrogen-bond acceptors (Lipinski definition) is 5. The monoisotopic (exact) mass is 379 g/mol. The van der Waals surface area contributed by atoms with Crippen LogP contribution in [-0.4, -0.2) is 21.7 Å². The van der Waals surface area contributed by atoms with Crippen molar-refractivity contribution in [2.45, 2.75) is 19.5 Å². The summed E-state index contributed by atoms with van der Waals surface area (Å²) in [6.45, 7) is 2.10. The molecule has 1 amide bonds. The van der Waals surface area contributed by atoms with Gasteiger partial charge in [0.25, 0.3) is 11.7 Å². The number of nitrogens with zero attached hydrogens (tertiary/aromatic N) is 1. The Morgan fingerprint density at radius 2 is 1.93 bits per heavy atom. The molecule has 0 radical (unpaired) electrons. The molecule has 4 rings (SSSR count). The van der Waals surface area contributed by atoms with Crippen molar-refractivity contribution in [1.29, 1.82) is 0 Å². The Kier molecular flexibility index (Phi) is 4.41. The van der Waals surface area contributed by atoms with Gasteiger partial charge in [0, 0.05) is 10.4 Å². The summed E-state index contributed by atoms with van der Waals surface area (Å²) < 4.78 is 5.36. The number of aliphatic hydroxyl groups is 1. The quantitative estimate of drug-likeness (QED) is 0.417. The molecule has 0 bridgehead atoms. The molecule has 1 saturated heterocycles. The predicted molar refractivity (Wildman–Crippen MR) is 102 cm³/mol. The summed E-state index contributed by atoms with van der Waals surface area (Å²) in [6, 6.07) is 13.8. The van der Waals surface area contributed by atoms with Crippen LogP contribution in [0, 0.1) is 6.92 Å². The fraction of sp³-hybridized carbons (Fsp3) is 0.143. The first-order valence-corrected chi connectivity index (χ1v) is 9.35. The van der Waals surface area contributed by atoms with Gasteiger partial charge >= 0.3 is 0 Å². The summed E-state index contributed by atoms with van der Waals surface area (Å²) in [6.07, 6.45) is 1.53. The summed E-state index contributed by atoms with van der Waals surface area (Å²) in [5, 5.41) is 12.8. The Morgan fingerprint density at radius 1 is 1.15 bits per heavy atom. The van der Waals surface area contributed by atoms with Crippen LogP contribution in [-0.2, 0) is 16.1 Å². The normalized spacial score (nSPS) is 19.0. The molecule has 0 unspecified atom stereocenters. The number of hydrogen-bond donors (Lipinski definition) is 1. The third-order valence-corrected chi connectivity index (χ3v) is 5.51. The van der Waals surface area contributed by atoms with Crippen molar-refractivity contribution in [3.05, 3.63) is 87.5 Å². The molecule has 27 heavy (non-hydrogen) atoms. The fourth-order valence-electron chi connectivity index (χ4n) is 3.22. The predicted octanol–water partition coefficient (Wildman–Crippen LogP) is 4.27. The molecule has 1 aliphatic rings. The molecule has 2 aromatic heterocycles. The number of thiophene rings is 1. The van der Waals surface area contributed by atoms with E-state index in [0.29, 0.717) is 11.3 Å². The minimum absolute atomic E-state index is 0.109. The van der Waals surface area contributed by atoms with Crippen LogP contribution in [0.5, 0.6) is 0 Å². The topological polar surface area (TPSA) is 70.8 Å². The van der Waals surface area contributed by atoms with E-state index < -0.39 is 17.7 Å². The molecular formula is C21H17NO4S. The fourth-order valence-corrected chi connectivity index (χ4v) is 4.07. The van der Waals surface area contributed by atoms with Crippen LogP contribution in [0.25, 0.3) is 5.76 Å². The maximum absolute atomic E-state index is 12.8. The molecule has 6 heteroatoms. The van der Waals surface area contributed by atoms with E-state index in [9.17, 15) is 14.7 Å². The lowest BCUT2D eigenvalue weighted by Crippen LogP contribution is -2.28. The molecule has 3 aromatic rings. The van der Waals surface area contributed by atoms with Crippen LogP contribution >= 0.6 is 11.3 Å². The molecule has 1 atom stereocenters. The molecule has 0 spiro atoms. The van der Waals surface area contributed by atoms with Crippen molar-refractivity contribution in [2.75, 3.05) is 0 Å². The average Bonchev–Trinajstić information content (AvgIpc) is 3.40. The minimum atomic E-state index is -0.682. The molecule has 0 aliphatic carbocycles. The van der Waals surface area contributed by atoms with Gasteiger partial charge < -0.3 is 14.4 Å². The second-order valence-corrected chi connectivity index (χ2v) is 7.37. The van der Waals surface area contributed by atoms with Crippen LogP contribution in [0.15, 0.2) is 70.2 Å². The van der Waals surface area contributed by atoms with E-state index in [4.69, 9.17) is 4.42 Å². The first-order valence-electron chi connectivity index (χ1n) is 8.47. The summed E-state index contributed by atoms with van der Waals surface area (Å²) >= 11 is 1.44. The number of amides is 1. The highest BCUT2D eigenvalue weighted by molar-refractivity contribution is 7.10. The number of likely N-dealkylation sites (tertiary alicyclic amines) is 1. The highest BCUT2D eigenvalue weighted by Gasteiger charge is 2.46. The average molecular weight is 379 g/mol. The summed E-state index contributed by atoms with van der Waals surface area (Å²) in [4.78, 5) is 27.8. The van der Waals surface area contributed by atoms with Crippen molar-refractivity contribution >= 4 is 28.8 Å². The molecule has 1 N–H and O–H groups in total. The second-order valence-electron chi connectivity index (χ2n) is 6.39. The van der Waals surface area contributed by atoms with E-state index in [2.05, 4.69) is 0 Å². The SMILES string of the molecule is Cc1ccc(C(O)=C2C(=O)C(=O)N(Cc3ccco3)[C@@H]2c2cccs2)cc1. The Labute approximate surface area is 160 Å². The van der Waals surface area contributed by atoms with E-state index in [1.165, 1.54) is 22.5 Å². The number of rotatable bonds is 4. The van der Waals surface area contributed by atoms with Crippen LogP contribution in [0.3, 0.4) is 0 Å². The number of benzene rings is 1. The van der Waals surface area contributed by atoms with Gasteiger partial charge in [-0.15, -0.1) is 11.3 Å². The van der Waals surface area contributed by atoms with Gasteiger partial charge in [-0.2, -0.15) is 0 Å². The lowest BCUT2D eigenvalue weighted by molar-refractivity contribution is -0.140. The van der Waals surface area contributed by atoms with Gasteiger partial charge in [-0.25, -0.2) is 0 Å². The highest BCUT2D eigenvalue weighted by Crippen LogP contribution is 2.41. The molecule has 3 heterocycles. The molecule has 0 saturated carbocycles. The lowest BCUT2D eigenvalue weighted by atomic mass is 9.99. The van der Waals surface area contributed by atoms with E-state index in [-0.39, 0.29) is 17.9 Å². The number of aryl methyl sites for hydroxylation is 1. The Morgan fingerprint density at radius 3 is 2.56 bits per heavy atom. The summed E-state index contributed by atoms with van der Waals surface area (Å²) in [5.41, 5.74) is 1.66. The zero-order valence-electron chi connectivity index (χ0n) is 14.6. The van der Waals surface area contributed by atoms with Gasteiger partial charge in [-0.1, -0.05) is 35.9 Å². The smallest absolute Gasteiger partial charge is 0.296 e. The van der Waals surface area contributed by atoms with Gasteiger partial charge in [-0.05, 0) is 30.5 Å². The van der Waals surface area contributed by atoms with Crippen molar-refractivity contribution in [3.63, 3.8) is 0 Å². The first kappa shape index (κ1) is 17.3. The molecule has 1 aliphatic heterocycles. The largest absolute Gasteiger partial charge is 0.507 e. The third-order valence-electron chi connectivity index (χ3n) is 4.58. The van der Waals surface area contributed by atoms with Gasteiger partial charge in [0.15, 0.2) is 0 Å². The standard InChI is InChI=1S/C21H17NO4S/c1-13-6-8-14(9-7-13)19(23)17-18(16-5-3-11-27-16)22(21(25)20(17)24)12-15-4-2-10-26-15/h2-11,18,23H,12H2,1H3/t18-/m1/s1. The van der Waals surface area contributed by atoms with E-state index >= 15 is 0 Å². The number of ketones is 1. The molecule has 136 valence electrons. The highest BCUT2D eigenvalue weighted by atomic mass is 32.1. The maximum Gasteiger partial charge on any atom is 0.296 e. The number of aliphatic hydroxyl groups excluding tert-OH is 1. The number of carbonyl (C=O) groups excluding carboxylic acids is 2. The van der Waals surface area contributed by atoms with Gasteiger partial charge in [-0.3, -0.25) is 9.59 Å². The first-order chi connectivity index (χ1) is 13.1. The van der Waals surface area contributed by atoms with Crippen LogP contribution in [0.4, 0.5) is 0 Å². The van der Waals surface area contributed by atoms with Crippen molar-refractivity contribution < 1.29 is 19.1 Å². The minimum Gasteiger partial charge on any atom is -0.507 e. The summed E-state index contributed by atoms with van der Waals surface area (Å²) in [7, 11) is 0. The van der Waals surface area contributed by atoms with Crippen molar-refractivity contribution in [1.82, 2.24) is 4.90 Å². The van der Waals surface area contributed by atoms with E-state index in [1.54, 1.807) is 24.3 Å². The summed E-state index contributed by atoms with van der Waals surface area (Å²) in [5.74, 6) is -0.904.